The number of amides is 1. The fourth-order valence-electron chi connectivity index (χ4n) is 4.31. The SMILES string of the molecule is COc1ccccc1CN1C(=O)C(=O)/C(=C(/O)c2cc(C(C)(C)C)ccc2OC)C1c1ccco1. The predicted molar refractivity (Wildman–Crippen MR) is 131 cm³/mol. The van der Waals surface area contributed by atoms with Crippen LogP contribution in [-0.2, 0) is 21.5 Å². The number of hydrogen-bond donors (Lipinski definition) is 1. The number of methoxy groups -OCH3 is 2. The summed E-state index contributed by atoms with van der Waals surface area (Å²) in [7, 11) is 3.04. The number of Topliss-reactive ketones (excluding diaryl/α,β-unsaturated/α-hetero) is 1. The lowest BCUT2D eigenvalue weighted by molar-refractivity contribution is -0.140. The van der Waals surface area contributed by atoms with E-state index < -0.39 is 17.7 Å². The maximum Gasteiger partial charge on any atom is 0.296 e. The number of carbonyl (C=O) groups is 2. The van der Waals surface area contributed by atoms with Gasteiger partial charge in [0.15, 0.2) is 0 Å². The van der Waals surface area contributed by atoms with Crippen molar-refractivity contribution in [2.45, 2.75) is 38.8 Å². The third-order valence-electron chi connectivity index (χ3n) is 6.21. The second kappa shape index (κ2) is 9.33. The Hall–Kier alpha value is -4.00. The number of furan rings is 1. The van der Waals surface area contributed by atoms with Gasteiger partial charge in [-0.1, -0.05) is 45.0 Å². The van der Waals surface area contributed by atoms with Crippen molar-refractivity contribution in [2.24, 2.45) is 0 Å². The van der Waals surface area contributed by atoms with Gasteiger partial charge in [-0.15, -0.1) is 0 Å². The maximum absolute atomic E-state index is 13.3. The average molecular weight is 476 g/mol. The molecule has 0 bridgehead atoms. The van der Waals surface area contributed by atoms with Crippen LogP contribution in [0.25, 0.3) is 5.76 Å². The highest BCUT2D eigenvalue weighted by Gasteiger charge is 2.48. The molecule has 1 amide bonds. The first-order valence-corrected chi connectivity index (χ1v) is 11.3. The number of rotatable bonds is 6. The molecule has 4 rings (SSSR count). The Morgan fingerprint density at radius 3 is 2.34 bits per heavy atom. The monoisotopic (exact) mass is 475 g/mol. The molecular formula is C28H29NO6. The lowest BCUT2D eigenvalue weighted by Gasteiger charge is -2.25. The molecule has 1 unspecified atom stereocenters. The molecule has 3 aromatic rings. The number of nitrogens with zero attached hydrogens (tertiary/aromatic N) is 1. The summed E-state index contributed by atoms with van der Waals surface area (Å²) in [5.41, 5.74) is 1.74. The molecule has 1 fully saturated rings. The van der Waals surface area contributed by atoms with E-state index in [2.05, 4.69) is 0 Å². The first-order valence-electron chi connectivity index (χ1n) is 11.3. The highest BCUT2D eigenvalue weighted by Crippen LogP contribution is 2.43. The topological polar surface area (TPSA) is 89.2 Å². The fourth-order valence-corrected chi connectivity index (χ4v) is 4.31. The zero-order valence-electron chi connectivity index (χ0n) is 20.5. The molecule has 182 valence electrons. The van der Waals surface area contributed by atoms with Gasteiger partial charge < -0.3 is 23.9 Å². The van der Waals surface area contributed by atoms with Crippen molar-refractivity contribution < 1.29 is 28.6 Å². The Labute approximate surface area is 204 Å². The highest BCUT2D eigenvalue weighted by atomic mass is 16.5. The Morgan fingerprint density at radius 2 is 1.71 bits per heavy atom. The number of ether oxygens (including phenoxy) is 2. The molecule has 1 aliphatic heterocycles. The van der Waals surface area contributed by atoms with Gasteiger partial charge in [-0.2, -0.15) is 0 Å². The van der Waals surface area contributed by atoms with Crippen LogP contribution in [0.5, 0.6) is 11.5 Å². The Balaban J connectivity index is 1.90. The van der Waals surface area contributed by atoms with Crippen LogP contribution in [0.2, 0.25) is 0 Å². The van der Waals surface area contributed by atoms with Crippen LogP contribution in [0.3, 0.4) is 0 Å². The van der Waals surface area contributed by atoms with E-state index in [1.165, 1.54) is 18.3 Å². The van der Waals surface area contributed by atoms with E-state index in [-0.39, 0.29) is 23.3 Å². The van der Waals surface area contributed by atoms with E-state index in [0.717, 1.165) is 11.1 Å². The molecule has 7 nitrogen and oxygen atoms in total. The molecule has 1 atom stereocenters. The average Bonchev–Trinajstić information content (AvgIpc) is 3.46. The molecule has 0 saturated carbocycles. The molecular weight excluding hydrogens is 446 g/mol. The van der Waals surface area contributed by atoms with Crippen LogP contribution >= 0.6 is 0 Å². The lowest BCUT2D eigenvalue weighted by atomic mass is 9.85. The molecule has 2 aromatic carbocycles. The van der Waals surface area contributed by atoms with Gasteiger partial charge in [-0.05, 0) is 41.3 Å². The second-order valence-corrected chi connectivity index (χ2v) is 9.42. The molecule has 1 aromatic heterocycles. The predicted octanol–water partition coefficient (Wildman–Crippen LogP) is 5.22. The van der Waals surface area contributed by atoms with Crippen molar-refractivity contribution in [3.63, 3.8) is 0 Å². The fraction of sp³-hybridized carbons (Fsp3) is 0.286. The number of para-hydroxylation sites is 1. The number of ketones is 1. The van der Waals surface area contributed by atoms with E-state index in [1.807, 2.05) is 45.0 Å². The zero-order chi connectivity index (χ0) is 25.3. The van der Waals surface area contributed by atoms with Crippen LogP contribution < -0.4 is 9.47 Å². The van der Waals surface area contributed by atoms with Gasteiger partial charge in [0.05, 0.1) is 38.2 Å². The summed E-state index contributed by atoms with van der Waals surface area (Å²) in [4.78, 5) is 28.0. The van der Waals surface area contributed by atoms with Gasteiger partial charge in [0, 0.05) is 5.56 Å². The summed E-state index contributed by atoms with van der Waals surface area (Å²) < 4.78 is 16.6. The van der Waals surface area contributed by atoms with Crippen molar-refractivity contribution in [2.75, 3.05) is 14.2 Å². The molecule has 0 radical (unpaired) electrons. The molecule has 1 N–H and O–H groups in total. The Morgan fingerprint density at radius 1 is 1.00 bits per heavy atom. The van der Waals surface area contributed by atoms with Gasteiger partial charge in [-0.25, -0.2) is 0 Å². The largest absolute Gasteiger partial charge is 0.507 e. The summed E-state index contributed by atoms with van der Waals surface area (Å²) in [6.07, 6.45) is 1.47. The van der Waals surface area contributed by atoms with Crippen molar-refractivity contribution in [1.29, 1.82) is 0 Å². The number of benzene rings is 2. The summed E-state index contributed by atoms with van der Waals surface area (Å²) in [6.45, 7) is 6.24. The number of aliphatic hydroxyl groups excluding tert-OH is 1. The van der Waals surface area contributed by atoms with Crippen LogP contribution in [0, 0.1) is 0 Å². The van der Waals surface area contributed by atoms with Gasteiger partial charge in [0.2, 0.25) is 0 Å². The van der Waals surface area contributed by atoms with Crippen molar-refractivity contribution in [3.8, 4) is 11.5 Å². The normalized spacial score (nSPS) is 17.6. The smallest absolute Gasteiger partial charge is 0.296 e. The lowest BCUT2D eigenvalue weighted by Crippen LogP contribution is -2.29. The van der Waals surface area contributed by atoms with Gasteiger partial charge >= 0.3 is 0 Å². The Bertz CT molecular complexity index is 1280. The van der Waals surface area contributed by atoms with E-state index in [1.54, 1.807) is 37.4 Å². The quantitative estimate of drug-likeness (QED) is 0.299. The van der Waals surface area contributed by atoms with E-state index >= 15 is 0 Å². The van der Waals surface area contributed by atoms with Crippen LogP contribution in [0.15, 0.2) is 70.9 Å². The summed E-state index contributed by atoms with van der Waals surface area (Å²) >= 11 is 0. The summed E-state index contributed by atoms with van der Waals surface area (Å²) in [5, 5.41) is 11.5. The van der Waals surface area contributed by atoms with Crippen LogP contribution in [-0.4, -0.2) is 35.9 Å². The maximum atomic E-state index is 13.3. The molecule has 2 heterocycles. The molecule has 7 heteroatoms. The summed E-state index contributed by atoms with van der Waals surface area (Å²) in [5.74, 6) is -0.481. The number of hydrogen-bond acceptors (Lipinski definition) is 6. The van der Waals surface area contributed by atoms with Gasteiger partial charge in [0.1, 0.15) is 29.1 Å². The van der Waals surface area contributed by atoms with Gasteiger partial charge in [0.25, 0.3) is 11.7 Å². The molecule has 1 aliphatic rings. The van der Waals surface area contributed by atoms with E-state index in [4.69, 9.17) is 13.9 Å². The minimum atomic E-state index is -0.919. The van der Waals surface area contributed by atoms with Crippen molar-refractivity contribution >= 4 is 17.4 Å². The third-order valence-corrected chi connectivity index (χ3v) is 6.21. The van der Waals surface area contributed by atoms with Crippen LogP contribution in [0.1, 0.15) is 49.3 Å². The Kier molecular flexibility index (Phi) is 6.43. The number of likely N-dealkylation sites (tertiary alicyclic amines) is 1. The van der Waals surface area contributed by atoms with Crippen LogP contribution in [0.4, 0.5) is 0 Å². The molecule has 0 spiro atoms. The standard InChI is InChI=1S/C28H29NO6/c1-28(2,3)18-12-13-21(34-5)19(15-18)25(30)23-24(22-11-8-14-35-22)29(27(32)26(23)31)16-17-9-6-7-10-20(17)33-4/h6-15,24,30H,16H2,1-5H3/b25-23+. The third kappa shape index (κ3) is 4.41. The van der Waals surface area contributed by atoms with Crippen molar-refractivity contribution in [1.82, 2.24) is 4.90 Å². The molecule has 35 heavy (non-hydrogen) atoms. The minimum absolute atomic E-state index is 0.0517. The van der Waals surface area contributed by atoms with Crippen molar-refractivity contribution in [3.05, 3.63) is 88.9 Å². The zero-order valence-corrected chi connectivity index (χ0v) is 20.5. The first-order chi connectivity index (χ1) is 16.7. The second-order valence-electron chi connectivity index (χ2n) is 9.42. The summed E-state index contributed by atoms with van der Waals surface area (Å²) in [6, 6.07) is 15.2. The van der Waals surface area contributed by atoms with E-state index in [9.17, 15) is 14.7 Å². The number of aliphatic hydroxyl groups is 1. The highest BCUT2D eigenvalue weighted by molar-refractivity contribution is 6.46. The molecule has 1 saturated heterocycles. The van der Waals surface area contributed by atoms with E-state index in [0.29, 0.717) is 22.8 Å². The minimum Gasteiger partial charge on any atom is -0.507 e. The number of carbonyl (C=O) groups excluding carboxylic acids is 2. The van der Waals surface area contributed by atoms with Gasteiger partial charge in [-0.3, -0.25) is 9.59 Å². The molecule has 0 aliphatic carbocycles. The first kappa shape index (κ1) is 24.1.